The molecule has 1 amide bonds. The Morgan fingerprint density at radius 1 is 1.25 bits per heavy atom. The largest absolute Gasteiger partial charge is 0.377 e. The molecule has 3 rings (SSSR count). The van der Waals surface area contributed by atoms with Gasteiger partial charge in [0.05, 0.1) is 6.10 Å². The Morgan fingerprint density at radius 3 is 2.46 bits per heavy atom. The van der Waals surface area contributed by atoms with Crippen molar-refractivity contribution < 1.29 is 9.53 Å². The standard InChI is InChI=1S/C17H30N4O2.HI/c1-5-18-16(21-9-7-20(8-10-21)12(2)22)19-14-13-6-11-23-15(13)17(14,3)4;/h13-15H,5-11H2,1-4H3,(H,18,19);1H. The van der Waals surface area contributed by atoms with Crippen molar-refractivity contribution in [2.24, 2.45) is 16.3 Å². The van der Waals surface area contributed by atoms with Crippen LogP contribution >= 0.6 is 24.0 Å². The Labute approximate surface area is 162 Å². The molecule has 0 aromatic carbocycles. The minimum Gasteiger partial charge on any atom is -0.377 e. The van der Waals surface area contributed by atoms with E-state index in [-0.39, 0.29) is 35.3 Å². The van der Waals surface area contributed by atoms with Gasteiger partial charge in [0.2, 0.25) is 5.91 Å². The molecule has 1 aliphatic carbocycles. The van der Waals surface area contributed by atoms with Crippen molar-refractivity contribution in [1.82, 2.24) is 15.1 Å². The Bertz CT molecular complexity index is 489. The van der Waals surface area contributed by atoms with Crippen LogP contribution in [0.4, 0.5) is 0 Å². The number of aliphatic imine (C=N–C) groups is 1. The summed E-state index contributed by atoms with van der Waals surface area (Å²) < 4.78 is 5.89. The summed E-state index contributed by atoms with van der Waals surface area (Å²) >= 11 is 0. The maximum Gasteiger partial charge on any atom is 0.219 e. The molecule has 2 saturated heterocycles. The molecule has 0 aromatic heterocycles. The van der Waals surface area contributed by atoms with Crippen molar-refractivity contribution in [3.63, 3.8) is 0 Å². The van der Waals surface area contributed by atoms with Crippen molar-refractivity contribution in [2.75, 3.05) is 39.3 Å². The van der Waals surface area contributed by atoms with Gasteiger partial charge in [0.15, 0.2) is 5.96 Å². The highest BCUT2D eigenvalue weighted by molar-refractivity contribution is 14.0. The minimum atomic E-state index is 0. The van der Waals surface area contributed by atoms with Crippen LogP contribution in [0.3, 0.4) is 0 Å². The molecule has 1 saturated carbocycles. The van der Waals surface area contributed by atoms with Crippen LogP contribution in [0.25, 0.3) is 0 Å². The van der Waals surface area contributed by atoms with Gasteiger partial charge in [-0.3, -0.25) is 9.79 Å². The lowest BCUT2D eigenvalue weighted by Gasteiger charge is -2.55. The monoisotopic (exact) mass is 450 g/mol. The van der Waals surface area contributed by atoms with Crippen LogP contribution in [0, 0.1) is 11.3 Å². The molecule has 3 aliphatic rings. The number of fused-ring (bicyclic) bond motifs is 1. The molecule has 3 fully saturated rings. The van der Waals surface area contributed by atoms with Crippen molar-refractivity contribution in [3.8, 4) is 0 Å². The number of carbonyl (C=O) groups excluding carboxylic acids is 1. The number of ether oxygens (including phenoxy) is 1. The van der Waals surface area contributed by atoms with Crippen molar-refractivity contribution in [1.29, 1.82) is 0 Å². The van der Waals surface area contributed by atoms with E-state index in [1.54, 1.807) is 6.92 Å². The van der Waals surface area contributed by atoms with Crippen LogP contribution in [0.2, 0.25) is 0 Å². The number of amides is 1. The van der Waals surface area contributed by atoms with Gasteiger partial charge < -0.3 is 19.9 Å². The molecule has 3 atom stereocenters. The van der Waals surface area contributed by atoms with E-state index in [1.165, 1.54) is 0 Å². The fourth-order valence-corrected chi connectivity index (χ4v) is 4.38. The van der Waals surface area contributed by atoms with E-state index < -0.39 is 0 Å². The highest BCUT2D eigenvalue weighted by atomic mass is 127. The number of carbonyl (C=O) groups is 1. The second kappa shape index (κ2) is 7.76. The lowest BCUT2D eigenvalue weighted by atomic mass is 9.57. The molecule has 6 nitrogen and oxygen atoms in total. The van der Waals surface area contributed by atoms with E-state index >= 15 is 0 Å². The van der Waals surface area contributed by atoms with E-state index in [0.29, 0.717) is 18.1 Å². The number of hydrogen-bond acceptors (Lipinski definition) is 3. The van der Waals surface area contributed by atoms with Crippen LogP contribution in [-0.4, -0.2) is 73.1 Å². The zero-order valence-electron chi connectivity index (χ0n) is 15.2. The Kier molecular flexibility index (Phi) is 6.39. The number of piperazine rings is 1. The smallest absolute Gasteiger partial charge is 0.219 e. The molecule has 24 heavy (non-hydrogen) atoms. The van der Waals surface area contributed by atoms with Gasteiger partial charge in [0.1, 0.15) is 0 Å². The van der Waals surface area contributed by atoms with Crippen LogP contribution in [-0.2, 0) is 9.53 Å². The topological polar surface area (TPSA) is 57.2 Å². The number of halogens is 1. The number of nitrogens with zero attached hydrogens (tertiary/aromatic N) is 3. The average Bonchev–Trinajstić information content (AvgIpc) is 2.98. The van der Waals surface area contributed by atoms with Gasteiger partial charge in [-0.15, -0.1) is 24.0 Å². The van der Waals surface area contributed by atoms with E-state index in [1.807, 2.05) is 4.90 Å². The van der Waals surface area contributed by atoms with E-state index in [2.05, 4.69) is 31.0 Å². The molecule has 7 heteroatoms. The van der Waals surface area contributed by atoms with Gasteiger partial charge in [0, 0.05) is 63.6 Å². The first kappa shape index (κ1) is 19.8. The summed E-state index contributed by atoms with van der Waals surface area (Å²) in [6, 6.07) is 0.422. The second-order valence-electron chi connectivity index (χ2n) is 7.48. The highest BCUT2D eigenvalue weighted by Crippen LogP contribution is 2.52. The van der Waals surface area contributed by atoms with Gasteiger partial charge in [0.25, 0.3) is 0 Å². The average molecular weight is 450 g/mol. The van der Waals surface area contributed by atoms with Gasteiger partial charge in [-0.1, -0.05) is 13.8 Å². The van der Waals surface area contributed by atoms with Gasteiger partial charge in [-0.05, 0) is 13.3 Å². The van der Waals surface area contributed by atoms with E-state index in [4.69, 9.17) is 9.73 Å². The third-order valence-electron chi connectivity index (χ3n) is 5.72. The number of rotatable bonds is 2. The lowest BCUT2D eigenvalue weighted by Crippen LogP contribution is -2.68. The molecule has 0 aromatic rings. The van der Waals surface area contributed by atoms with Crippen molar-refractivity contribution >= 4 is 35.8 Å². The summed E-state index contributed by atoms with van der Waals surface area (Å²) in [7, 11) is 0. The molecular formula is C17H31IN4O2. The van der Waals surface area contributed by atoms with Crippen LogP contribution in [0.15, 0.2) is 4.99 Å². The Hall–Kier alpha value is -0.570. The molecule has 0 spiro atoms. The fourth-order valence-electron chi connectivity index (χ4n) is 4.38. The summed E-state index contributed by atoms with van der Waals surface area (Å²) in [6.07, 6.45) is 1.53. The van der Waals surface area contributed by atoms with Gasteiger partial charge in [-0.25, -0.2) is 0 Å². The van der Waals surface area contributed by atoms with E-state index in [0.717, 1.165) is 51.7 Å². The molecule has 0 bridgehead atoms. The van der Waals surface area contributed by atoms with Gasteiger partial charge in [-0.2, -0.15) is 0 Å². The van der Waals surface area contributed by atoms with Crippen molar-refractivity contribution in [3.05, 3.63) is 0 Å². The SMILES string of the molecule is CCN=C(NC1C2CCOC2C1(C)C)N1CCN(C(C)=O)CC1.I. The summed E-state index contributed by atoms with van der Waals surface area (Å²) in [6.45, 7) is 13.2. The van der Waals surface area contributed by atoms with Crippen molar-refractivity contribution in [2.45, 2.75) is 46.3 Å². The molecule has 3 unspecified atom stereocenters. The van der Waals surface area contributed by atoms with Gasteiger partial charge >= 0.3 is 0 Å². The zero-order valence-corrected chi connectivity index (χ0v) is 17.6. The lowest BCUT2D eigenvalue weighted by molar-refractivity contribution is -0.130. The first-order valence-electron chi connectivity index (χ1n) is 8.88. The number of guanidine groups is 1. The maximum atomic E-state index is 11.5. The predicted molar refractivity (Wildman–Crippen MR) is 106 cm³/mol. The normalized spacial score (nSPS) is 31.8. The Morgan fingerprint density at radius 2 is 1.88 bits per heavy atom. The molecule has 2 aliphatic heterocycles. The Balaban J connectivity index is 0.00000208. The van der Waals surface area contributed by atoms with E-state index in [9.17, 15) is 4.79 Å². The highest BCUT2D eigenvalue weighted by Gasteiger charge is 2.59. The summed E-state index contributed by atoms with van der Waals surface area (Å²) in [5, 5.41) is 3.72. The summed E-state index contributed by atoms with van der Waals surface area (Å²) in [4.78, 5) is 20.4. The third kappa shape index (κ3) is 3.52. The molecule has 2 heterocycles. The minimum absolute atomic E-state index is 0. The molecule has 1 N–H and O–H groups in total. The van der Waals surface area contributed by atoms with Crippen LogP contribution in [0.1, 0.15) is 34.1 Å². The summed E-state index contributed by atoms with van der Waals surface area (Å²) in [5.74, 6) is 1.77. The first-order valence-corrected chi connectivity index (χ1v) is 8.88. The maximum absolute atomic E-state index is 11.5. The fraction of sp³-hybridized carbons (Fsp3) is 0.882. The quantitative estimate of drug-likeness (QED) is 0.394. The second-order valence-corrected chi connectivity index (χ2v) is 7.48. The first-order chi connectivity index (χ1) is 10.9. The zero-order chi connectivity index (χ0) is 16.6. The number of hydrogen-bond donors (Lipinski definition) is 1. The number of nitrogens with one attached hydrogen (secondary N) is 1. The summed E-state index contributed by atoms with van der Waals surface area (Å²) in [5.41, 5.74) is 0.150. The van der Waals surface area contributed by atoms with Crippen LogP contribution in [0.5, 0.6) is 0 Å². The molecule has 0 radical (unpaired) electrons. The third-order valence-corrected chi connectivity index (χ3v) is 5.72. The van der Waals surface area contributed by atoms with Crippen LogP contribution < -0.4 is 5.32 Å². The predicted octanol–water partition coefficient (Wildman–Crippen LogP) is 1.55. The molecular weight excluding hydrogens is 419 g/mol. The molecule has 138 valence electrons.